The zero-order chi connectivity index (χ0) is 18.1. The van der Waals surface area contributed by atoms with Crippen LogP contribution in [0.25, 0.3) is 0 Å². The molecule has 1 aliphatic rings. The molecule has 0 heterocycles. The molecule has 1 saturated carbocycles. The molecule has 24 heavy (non-hydrogen) atoms. The number of rotatable bonds is 3. The van der Waals surface area contributed by atoms with Crippen LogP contribution in [-0.2, 0) is 23.9 Å². The molecule has 0 amide bonds. The van der Waals surface area contributed by atoms with E-state index in [-0.39, 0.29) is 6.42 Å². The van der Waals surface area contributed by atoms with Gasteiger partial charge < -0.3 is 14.6 Å². The molecule has 6 nitrogen and oxygen atoms in total. The molecule has 0 saturated heterocycles. The Morgan fingerprint density at radius 1 is 1.17 bits per heavy atom. The summed E-state index contributed by atoms with van der Waals surface area (Å²) < 4.78 is 10.4. The first-order valence-corrected chi connectivity index (χ1v) is 8.18. The molecule has 0 aliphatic heterocycles. The number of ketones is 1. The van der Waals surface area contributed by atoms with Gasteiger partial charge >= 0.3 is 11.9 Å². The van der Waals surface area contributed by atoms with Crippen molar-refractivity contribution in [3.8, 4) is 0 Å². The molecule has 1 aliphatic carbocycles. The molecule has 2 rings (SSSR count). The second-order valence-electron chi connectivity index (χ2n) is 6.08. The van der Waals surface area contributed by atoms with E-state index in [1.165, 1.54) is 21.1 Å². The predicted octanol–water partition coefficient (Wildman–Crippen LogP) is 1.83. The zero-order valence-corrected chi connectivity index (χ0v) is 15.2. The van der Waals surface area contributed by atoms with Crippen molar-refractivity contribution in [2.45, 2.75) is 24.9 Å². The third-order valence-electron chi connectivity index (χ3n) is 4.43. The van der Waals surface area contributed by atoms with Gasteiger partial charge in [-0.3, -0.25) is 14.4 Å². The zero-order valence-electron chi connectivity index (χ0n) is 13.6. The molecule has 4 atom stereocenters. The summed E-state index contributed by atoms with van der Waals surface area (Å²) in [7, 11) is 2.40. The minimum atomic E-state index is -1.62. The molecule has 0 unspecified atom stereocenters. The van der Waals surface area contributed by atoms with Crippen LogP contribution in [-0.4, -0.2) is 42.6 Å². The van der Waals surface area contributed by atoms with Crippen LogP contribution in [0.2, 0.25) is 0 Å². The van der Waals surface area contributed by atoms with Crippen LogP contribution in [0, 0.1) is 11.8 Å². The lowest BCUT2D eigenvalue weighted by Gasteiger charge is -2.43. The molecule has 0 bridgehead atoms. The highest BCUT2D eigenvalue weighted by Crippen LogP contribution is 2.46. The van der Waals surface area contributed by atoms with E-state index < -0.39 is 41.1 Å². The minimum Gasteiger partial charge on any atom is -0.469 e. The number of halogens is 1. The van der Waals surface area contributed by atoms with E-state index in [1.807, 2.05) is 0 Å². The van der Waals surface area contributed by atoms with Crippen LogP contribution in [0.3, 0.4) is 0 Å². The maximum absolute atomic E-state index is 12.5. The van der Waals surface area contributed by atoms with Crippen LogP contribution in [0.5, 0.6) is 0 Å². The molecule has 1 aromatic carbocycles. The summed E-state index contributed by atoms with van der Waals surface area (Å²) in [4.78, 5) is 37.0. The standard InChI is InChI=1S/C17H19BrO6/c1-17(22)8-11(19)13(15(20)23-2)12(14(17)16(21)24-3)9-4-6-10(18)7-5-9/h4-7,12-14,22H,8H2,1-3H3/t12-,13-,14-,17+/m1/s1. The second-order valence-corrected chi connectivity index (χ2v) is 6.99. The van der Waals surface area contributed by atoms with E-state index in [4.69, 9.17) is 9.47 Å². The lowest BCUT2D eigenvalue weighted by Crippen LogP contribution is -2.55. The number of carbonyl (C=O) groups is 3. The topological polar surface area (TPSA) is 89.9 Å². The Morgan fingerprint density at radius 3 is 2.21 bits per heavy atom. The Labute approximate surface area is 148 Å². The number of esters is 2. The molecule has 1 aromatic rings. The summed E-state index contributed by atoms with van der Waals surface area (Å²) in [6.45, 7) is 1.41. The molecular formula is C17H19BrO6. The van der Waals surface area contributed by atoms with Gasteiger partial charge in [-0.15, -0.1) is 0 Å². The summed E-state index contributed by atoms with van der Waals surface area (Å²) in [6, 6.07) is 6.89. The molecule has 0 radical (unpaired) electrons. The Bertz CT molecular complexity index is 652. The number of aliphatic hydroxyl groups is 1. The predicted molar refractivity (Wildman–Crippen MR) is 88.1 cm³/mol. The van der Waals surface area contributed by atoms with Crippen molar-refractivity contribution in [2.75, 3.05) is 14.2 Å². The van der Waals surface area contributed by atoms with E-state index in [0.29, 0.717) is 5.56 Å². The van der Waals surface area contributed by atoms with Crippen molar-refractivity contribution in [3.05, 3.63) is 34.3 Å². The average Bonchev–Trinajstić information content (AvgIpc) is 2.53. The number of hydrogen-bond acceptors (Lipinski definition) is 6. The van der Waals surface area contributed by atoms with Gasteiger partial charge in [-0.25, -0.2) is 0 Å². The van der Waals surface area contributed by atoms with Gasteiger partial charge in [-0.1, -0.05) is 28.1 Å². The number of carbonyl (C=O) groups excluding carboxylic acids is 3. The molecule has 130 valence electrons. The first-order valence-electron chi connectivity index (χ1n) is 7.39. The van der Waals surface area contributed by atoms with Crippen molar-refractivity contribution in [1.82, 2.24) is 0 Å². The third-order valence-corrected chi connectivity index (χ3v) is 4.96. The van der Waals surface area contributed by atoms with E-state index in [9.17, 15) is 19.5 Å². The minimum absolute atomic E-state index is 0.320. The van der Waals surface area contributed by atoms with E-state index in [0.717, 1.165) is 4.47 Å². The summed E-state index contributed by atoms with van der Waals surface area (Å²) in [6.07, 6.45) is -0.320. The Balaban J connectivity index is 2.63. The fraction of sp³-hybridized carbons (Fsp3) is 0.471. The normalized spacial score (nSPS) is 29.9. The fourth-order valence-electron chi connectivity index (χ4n) is 3.35. The van der Waals surface area contributed by atoms with Gasteiger partial charge in [-0.05, 0) is 24.6 Å². The van der Waals surface area contributed by atoms with Crippen molar-refractivity contribution in [2.24, 2.45) is 11.8 Å². The van der Waals surface area contributed by atoms with Crippen LogP contribution in [0.15, 0.2) is 28.7 Å². The number of hydrogen-bond donors (Lipinski definition) is 1. The number of benzene rings is 1. The first kappa shape index (κ1) is 18.6. The molecule has 1 fully saturated rings. The largest absolute Gasteiger partial charge is 0.469 e. The van der Waals surface area contributed by atoms with Crippen LogP contribution < -0.4 is 0 Å². The highest BCUT2D eigenvalue weighted by Gasteiger charge is 2.56. The van der Waals surface area contributed by atoms with Crippen molar-refractivity contribution in [1.29, 1.82) is 0 Å². The lowest BCUT2D eigenvalue weighted by molar-refractivity contribution is -0.170. The quantitative estimate of drug-likeness (QED) is 0.616. The van der Waals surface area contributed by atoms with E-state index in [1.54, 1.807) is 24.3 Å². The van der Waals surface area contributed by atoms with Crippen molar-refractivity contribution < 1.29 is 29.0 Å². The van der Waals surface area contributed by atoms with Crippen LogP contribution in [0.4, 0.5) is 0 Å². The number of ether oxygens (including phenoxy) is 2. The van der Waals surface area contributed by atoms with Crippen molar-refractivity contribution >= 4 is 33.7 Å². The summed E-state index contributed by atoms with van der Waals surface area (Å²) in [5, 5.41) is 10.7. The van der Waals surface area contributed by atoms with Gasteiger partial charge in [0.1, 0.15) is 5.92 Å². The molecule has 7 heteroatoms. The van der Waals surface area contributed by atoms with Gasteiger partial charge in [0, 0.05) is 16.8 Å². The van der Waals surface area contributed by atoms with Gasteiger partial charge in [0.15, 0.2) is 5.78 Å². The monoisotopic (exact) mass is 398 g/mol. The van der Waals surface area contributed by atoms with Gasteiger partial charge in [0.05, 0.1) is 25.7 Å². The fourth-order valence-corrected chi connectivity index (χ4v) is 3.62. The first-order chi connectivity index (χ1) is 11.2. The maximum Gasteiger partial charge on any atom is 0.316 e. The summed E-state index contributed by atoms with van der Waals surface area (Å²) in [5.41, 5.74) is -1.04. The Hall–Kier alpha value is -1.73. The Kier molecular flexibility index (Phi) is 5.45. The van der Waals surface area contributed by atoms with Gasteiger partial charge in [0.2, 0.25) is 0 Å². The molecule has 0 aromatic heterocycles. The Morgan fingerprint density at radius 2 is 1.71 bits per heavy atom. The second kappa shape index (κ2) is 7.03. The maximum atomic E-state index is 12.5. The van der Waals surface area contributed by atoms with E-state index in [2.05, 4.69) is 15.9 Å². The highest BCUT2D eigenvalue weighted by molar-refractivity contribution is 9.10. The summed E-state index contributed by atoms with van der Waals surface area (Å²) in [5.74, 6) is -4.95. The molecule has 1 N–H and O–H groups in total. The molecule has 0 spiro atoms. The third kappa shape index (κ3) is 3.37. The van der Waals surface area contributed by atoms with Crippen LogP contribution in [0.1, 0.15) is 24.8 Å². The van der Waals surface area contributed by atoms with Gasteiger partial charge in [-0.2, -0.15) is 0 Å². The van der Waals surface area contributed by atoms with Gasteiger partial charge in [0.25, 0.3) is 0 Å². The highest BCUT2D eigenvalue weighted by atomic mass is 79.9. The SMILES string of the molecule is COC(=O)[C@@H]1C(=O)C[C@](C)(O)[C@@H](C(=O)OC)[C@@H]1c1ccc(Br)cc1. The number of methoxy groups -OCH3 is 2. The van der Waals surface area contributed by atoms with E-state index >= 15 is 0 Å². The summed E-state index contributed by atoms with van der Waals surface area (Å²) >= 11 is 3.32. The van der Waals surface area contributed by atoms with Crippen molar-refractivity contribution in [3.63, 3.8) is 0 Å². The average molecular weight is 399 g/mol. The molecular weight excluding hydrogens is 380 g/mol. The number of Topliss-reactive ketones (excluding diaryl/α,β-unsaturated/α-hetero) is 1. The lowest BCUT2D eigenvalue weighted by atomic mass is 9.62. The smallest absolute Gasteiger partial charge is 0.316 e. The van der Waals surface area contributed by atoms with Crippen LogP contribution >= 0.6 is 15.9 Å².